The minimum atomic E-state index is 0.737. The third-order valence-electron chi connectivity index (χ3n) is 1.65. The van der Waals surface area contributed by atoms with Crippen LogP contribution >= 0.6 is 11.7 Å². The molecule has 1 aromatic carbocycles. The molecule has 0 unspecified atom stereocenters. The van der Waals surface area contributed by atoms with Gasteiger partial charge in [0.1, 0.15) is 0 Å². The van der Waals surface area contributed by atoms with Crippen LogP contribution in [0.3, 0.4) is 0 Å². The second-order valence-corrected chi connectivity index (χ2v) is 3.18. The zero-order chi connectivity index (χ0) is 8.93. The highest BCUT2D eigenvalue weighted by atomic mass is 32.1. The lowest BCUT2D eigenvalue weighted by Gasteiger charge is -2.02. The Morgan fingerprint density at radius 2 is 2.08 bits per heavy atom. The molecule has 13 heavy (non-hydrogen) atoms. The van der Waals surface area contributed by atoms with Crippen LogP contribution in [-0.4, -0.2) is 8.75 Å². The smallest absolute Gasteiger partial charge is 0.0933 e. The predicted octanol–water partition coefficient (Wildman–Crippen LogP) is 2.15. The number of anilines is 1. The second kappa shape index (κ2) is 4.00. The first-order valence-electron chi connectivity index (χ1n) is 4.00. The van der Waals surface area contributed by atoms with E-state index in [0.29, 0.717) is 0 Å². The minimum absolute atomic E-state index is 0.737. The lowest BCUT2D eigenvalue weighted by molar-refractivity contribution is 1.09. The van der Waals surface area contributed by atoms with Gasteiger partial charge in [-0.2, -0.15) is 8.75 Å². The minimum Gasteiger partial charge on any atom is -0.379 e. The van der Waals surface area contributed by atoms with Crippen LogP contribution in [0.5, 0.6) is 0 Å². The summed E-state index contributed by atoms with van der Waals surface area (Å²) in [5, 5.41) is 3.25. The van der Waals surface area contributed by atoms with Crippen LogP contribution in [0.25, 0.3) is 0 Å². The van der Waals surface area contributed by atoms with Crippen molar-refractivity contribution >= 4 is 17.4 Å². The monoisotopic (exact) mass is 191 g/mol. The van der Waals surface area contributed by atoms with Crippen LogP contribution in [0.15, 0.2) is 36.5 Å². The zero-order valence-electron chi connectivity index (χ0n) is 6.97. The van der Waals surface area contributed by atoms with E-state index in [1.165, 1.54) is 11.7 Å². The van der Waals surface area contributed by atoms with Gasteiger partial charge < -0.3 is 5.32 Å². The van der Waals surface area contributed by atoms with Crippen molar-refractivity contribution in [3.05, 3.63) is 42.2 Å². The molecule has 0 aliphatic rings. The number of nitrogens with zero attached hydrogens (tertiary/aromatic N) is 2. The molecule has 0 bridgehead atoms. The number of benzene rings is 1. The van der Waals surface area contributed by atoms with E-state index in [1.54, 1.807) is 6.20 Å². The summed E-state index contributed by atoms with van der Waals surface area (Å²) in [5.74, 6) is 0. The zero-order valence-corrected chi connectivity index (χ0v) is 7.79. The molecule has 0 amide bonds. The molecule has 1 N–H and O–H groups in total. The van der Waals surface area contributed by atoms with Crippen molar-refractivity contribution in [3.8, 4) is 0 Å². The van der Waals surface area contributed by atoms with E-state index in [4.69, 9.17) is 0 Å². The van der Waals surface area contributed by atoms with Crippen molar-refractivity contribution in [2.75, 3.05) is 5.32 Å². The molecule has 0 aliphatic heterocycles. The van der Waals surface area contributed by atoms with Gasteiger partial charge in [-0.05, 0) is 12.1 Å². The first-order valence-corrected chi connectivity index (χ1v) is 4.73. The topological polar surface area (TPSA) is 37.8 Å². The number of hydrogen-bond acceptors (Lipinski definition) is 4. The Kier molecular flexibility index (Phi) is 2.52. The molecule has 0 saturated carbocycles. The molecule has 0 atom stereocenters. The van der Waals surface area contributed by atoms with E-state index in [1.807, 2.05) is 30.3 Å². The van der Waals surface area contributed by atoms with E-state index in [-0.39, 0.29) is 0 Å². The van der Waals surface area contributed by atoms with Crippen LogP contribution in [0.1, 0.15) is 5.69 Å². The van der Waals surface area contributed by atoms with Crippen LogP contribution in [0.4, 0.5) is 5.69 Å². The highest BCUT2D eigenvalue weighted by molar-refractivity contribution is 6.99. The van der Waals surface area contributed by atoms with Gasteiger partial charge in [0.25, 0.3) is 0 Å². The van der Waals surface area contributed by atoms with Crippen LogP contribution < -0.4 is 5.32 Å². The van der Waals surface area contributed by atoms with Gasteiger partial charge in [0, 0.05) is 5.69 Å². The Morgan fingerprint density at radius 3 is 2.77 bits per heavy atom. The molecule has 4 heteroatoms. The molecule has 2 aromatic rings. The molecule has 0 fully saturated rings. The van der Waals surface area contributed by atoms with E-state index in [9.17, 15) is 0 Å². The van der Waals surface area contributed by atoms with Crippen molar-refractivity contribution in [1.82, 2.24) is 8.75 Å². The maximum atomic E-state index is 4.10. The van der Waals surface area contributed by atoms with Crippen molar-refractivity contribution in [2.24, 2.45) is 0 Å². The first kappa shape index (κ1) is 8.19. The molecule has 1 heterocycles. The first-order chi connectivity index (χ1) is 6.45. The van der Waals surface area contributed by atoms with E-state index in [0.717, 1.165) is 17.9 Å². The van der Waals surface area contributed by atoms with E-state index in [2.05, 4.69) is 14.1 Å². The fraction of sp³-hybridized carbons (Fsp3) is 0.111. The van der Waals surface area contributed by atoms with Crippen molar-refractivity contribution in [1.29, 1.82) is 0 Å². The summed E-state index contributed by atoms with van der Waals surface area (Å²) in [6, 6.07) is 10.1. The molecule has 66 valence electrons. The van der Waals surface area contributed by atoms with Crippen LogP contribution in [0, 0.1) is 0 Å². The third kappa shape index (κ3) is 2.26. The molecule has 0 aliphatic carbocycles. The molecule has 2 rings (SSSR count). The standard InChI is InChI=1S/C9H9N3S/c1-2-4-8(5-3-1)10-6-9-7-11-13-12-9/h1-5,7,10H,6H2. The van der Waals surface area contributed by atoms with Crippen LogP contribution in [0.2, 0.25) is 0 Å². The van der Waals surface area contributed by atoms with Crippen molar-refractivity contribution in [2.45, 2.75) is 6.54 Å². The second-order valence-electron chi connectivity index (χ2n) is 2.62. The van der Waals surface area contributed by atoms with Crippen molar-refractivity contribution < 1.29 is 0 Å². The summed E-state index contributed by atoms with van der Waals surface area (Å²) in [4.78, 5) is 0. The number of rotatable bonds is 3. The largest absolute Gasteiger partial charge is 0.379 e. The van der Waals surface area contributed by atoms with Crippen molar-refractivity contribution in [3.63, 3.8) is 0 Å². The van der Waals surface area contributed by atoms with Gasteiger partial charge in [0.05, 0.1) is 30.2 Å². The number of para-hydroxylation sites is 1. The summed E-state index contributed by atoms with van der Waals surface area (Å²) in [5.41, 5.74) is 2.09. The van der Waals surface area contributed by atoms with E-state index >= 15 is 0 Å². The Hall–Kier alpha value is -1.42. The van der Waals surface area contributed by atoms with Gasteiger partial charge in [0.2, 0.25) is 0 Å². The third-order valence-corrected chi connectivity index (χ3v) is 2.17. The average Bonchev–Trinajstić information content (AvgIpc) is 2.69. The van der Waals surface area contributed by atoms with Crippen LogP contribution in [-0.2, 0) is 6.54 Å². The Labute approximate surface area is 80.8 Å². The van der Waals surface area contributed by atoms with Gasteiger partial charge in [-0.15, -0.1) is 0 Å². The van der Waals surface area contributed by atoms with Gasteiger partial charge in [0.15, 0.2) is 0 Å². The molecule has 0 saturated heterocycles. The fourth-order valence-corrected chi connectivity index (χ4v) is 1.44. The van der Waals surface area contributed by atoms with Gasteiger partial charge >= 0.3 is 0 Å². The molecule has 0 radical (unpaired) electrons. The Balaban J connectivity index is 1.94. The van der Waals surface area contributed by atoms with Gasteiger partial charge in [-0.3, -0.25) is 0 Å². The Bertz CT molecular complexity index is 344. The lowest BCUT2D eigenvalue weighted by atomic mass is 10.3. The average molecular weight is 191 g/mol. The van der Waals surface area contributed by atoms with Gasteiger partial charge in [-0.1, -0.05) is 18.2 Å². The molecule has 1 aromatic heterocycles. The molecular weight excluding hydrogens is 182 g/mol. The maximum Gasteiger partial charge on any atom is 0.0933 e. The fourth-order valence-electron chi connectivity index (χ4n) is 1.01. The summed E-state index contributed by atoms with van der Waals surface area (Å²) >= 11 is 1.23. The number of hydrogen-bond donors (Lipinski definition) is 1. The molecule has 0 spiro atoms. The van der Waals surface area contributed by atoms with E-state index < -0.39 is 0 Å². The highest BCUT2D eigenvalue weighted by Crippen LogP contribution is 2.06. The molecular formula is C9H9N3S. The summed E-state index contributed by atoms with van der Waals surface area (Å²) < 4.78 is 8.02. The highest BCUT2D eigenvalue weighted by Gasteiger charge is 1.94. The van der Waals surface area contributed by atoms with Gasteiger partial charge in [-0.25, -0.2) is 0 Å². The summed E-state index contributed by atoms with van der Waals surface area (Å²) in [6.45, 7) is 0.737. The number of nitrogens with one attached hydrogen (secondary N) is 1. The lowest BCUT2D eigenvalue weighted by Crippen LogP contribution is -1.98. The normalized spacial score (nSPS) is 9.85. The SMILES string of the molecule is c1ccc(NCc2cnsn2)cc1. The molecule has 3 nitrogen and oxygen atoms in total. The maximum absolute atomic E-state index is 4.10. The summed E-state index contributed by atoms with van der Waals surface area (Å²) in [6.07, 6.45) is 1.78. The Morgan fingerprint density at radius 1 is 1.23 bits per heavy atom. The predicted molar refractivity (Wildman–Crippen MR) is 53.7 cm³/mol. The summed E-state index contributed by atoms with van der Waals surface area (Å²) in [7, 11) is 0. The quantitative estimate of drug-likeness (QED) is 0.807. The number of aromatic nitrogens is 2.